The second-order valence-corrected chi connectivity index (χ2v) is 3.37. The molecule has 0 radical (unpaired) electrons. The number of H-pyrrole nitrogens is 1. The summed E-state index contributed by atoms with van der Waals surface area (Å²) in [7, 11) is 0. The van der Waals surface area contributed by atoms with Gasteiger partial charge in [-0.15, -0.1) is 0 Å². The average Bonchev–Trinajstić information content (AvgIpc) is 2.60. The number of anilines is 1. The minimum atomic E-state index is -1.14. The predicted molar refractivity (Wildman–Crippen MR) is 57.9 cm³/mol. The highest BCUT2D eigenvalue weighted by Gasteiger charge is 2.15. The number of aromatic amines is 1. The number of aryl methyl sites for hydroxylation is 1. The lowest BCUT2D eigenvalue weighted by Crippen LogP contribution is -2.01. The molecule has 0 atom stereocenters. The molecule has 0 aliphatic heterocycles. The van der Waals surface area contributed by atoms with Crippen LogP contribution in [0.3, 0.4) is 0 Å². The van der Waals surface area contributed by atoms with Gasteiger partial charge in [0.05, 0.1) is 0 Å². The van der Waals surface area contributed by atoms with Crippen LogP contribution in [0, 0.1) is 6.92 Å². The molecule has 0 bridgehead atoms. The molecule has 16 heavy (non-hydrogen) atoms. The third kappa shape index (κ3) is 1.72. The van der Waals surface area contributed by atoms with E-state index >= 15 is 0 Å². The summed E-state index contributed by atoms with van der Waals surface area (Å²) in [6.45, 7) is 1.91. The number of aromatic nitrogens is 3. The van der Waals surface area contributed by atoms with Crippen LogP contribution in [0.5, 0.6) is 0 Å². The number of nitrogen functional groups attached to an aromatic ring is 1. The summed E-state index contributed by atoms with van der Waals surface area (Å²) in [5, 5.41) is 8.81. The molecule has 0 saturated carbocycles. The molecule has 0 saturated heterocycles. The molecule has 0 unspecified atom stereocenters. The second-order valence-electron chi connectivity index (χ2n) is 3.37. The number of nitrogens with zero attached hydrogens (tertiary/aromatic N) is 2. The van der Waals surface area contributed by atoms with Gasteiger partial charge in [0, 0.05) is 6.20 Å². The average molecular weight is 218 g/mol. The Morgan fingerprint density at radius 3 is 2.88 bits per heavy atom. The van der Waals surface area contributed by atoms with Crippen LogP contribution in [0.2, 0.25) is 0 Å². The van der Waals surface area contributed by atoms with Crippen LogP contribution in [-0.2, 0) is 0 Å². The fourth-order valence-electron chi connectivity index (χ4n) is 1.34. The Bertz CT molecular complexity index is 548. The number of hydrogen-bond donors (Lipinski definition) is 3. The molecule has 2 aromatic rings. The number of hydrogen-bond acceptors (Lipinski definition) is 4. The van der Waals surface area contributed by atoms with Crippen molar-refractivity contribution in [3.05, 3.63) is 29.6 Å². The van der Waals surface area contributed by atoms with Crippen LogP contribution >= 0.6 is 0 Å². The van der Waals surface area contributed by atoms with Gasteiger partial charge in [0.1, 0.15) is 5.69 Å². The smallest absolute Gasteiger partial charge is 0.356 e. The predicted octanol–water partition coefficient (Wildman–Crippen LogP) is 1.06. The summed E-state index contributed by atoms with van der Waals surface area (Å²) < 4.78 is 0. The second kappa shape index (κ2) is 3.65. The molecular weight excluding hydrogens is 208 g/mol. The number of carboxylic acid groups (broad SMARTS) is 1. The fraction of sp³-hybridized carbons (Fsp3) is 0.100. The van der Waals surface area contributed by atoms with E-state index in [1.807, 2.05) is 13.0 Å². The fourth-order valence-corrected chi connectivity index (χ4v) is 1.34. The van der Waals surface area contributed by atoms with E-state index in [2.05, 4.69) is 15.0 Å². The molecular formula is C10H10N4O2. The van der Waals surface area contributed by atoms with Gasteiger partial charge in [-0.25, -0.2) is 9.78 Å². The topological polar surface area (TPSA) is 105 Å². The first kappa shape index (κ1) is 10.2. The Balaban J connectivity index is 2.49. The molecule has 2 aromatic heterocycles. The zero-order chi connectivity index (χ0) is 11.7. The summed E-state index contributed by atoms with van der Waals surface area (Å²) in [5.74, 6) is -0.812. The van der Waals surface area contributed by atoms with Crippen LogP contribution in [0.15, 0.2) is 18.3 Å². The number of nitrogens with one attached hydrogen (secondary N) is 1. The summed E-state index contributed by atoms with van der Waals surface area (Å²) in [6, 6.07) is 3.64. The quantitative estimate of drug-likeness (QED) is 0.699. The summed E-state index contributed by atoms with van der Waals surface area (Å²) >= 11 is 0. The van der Waals surface area contributed by atoms with Crippen molar-refractivity contribution in [2.24, 2.45) is 0 Å². The summed E-state index contributed by atoms with van der Waals surface area (Å²) in [4.78, 5) is 21.4. The van der Waals surface area contributed by atoms with E-state index in [4.69, 9.17) is 10.8 Å². The number of aromatic carboxylic acids is 1. The third-order valence-corrected chi connectivity index (χ3v) is 2.10. The first-order valence-electron chi connectivity index (χ1n) is 4.59. The molecule has 0 fully saturated rings. The van der Waals surface area contributed by atoms with Crippen LogP contribution in [0.1, 0.15) is 16.1 Å². The van der Waals surface area contributed by atoms with Crippen molar-refractivity contribution >= 4 is 11.8 Å². The highest BCUT2D eigenvalue weighted by molar-refractivity contribution is 5.91. The molecule has 0 amide bonds. The number of carboxylic acids is 1. The molecule has 2 heterocycles. The Morgan fingerprint density at radius 1 is 1.56 bits per heavy atom. The Hall–Kier alpha value is -2.37. The van der Waals surface area contributed by atoms with Crippen molar-refractivity contribution in [1.29, 1.82) is 0 Å². The van der Waals surface area contributed by atoms with E-state index in [1.165, 1.54) is 0 Å². The number of rotatable bonds is 2. The number of carbonyl (C=O) groups is 1. The Morgan fingerprint density at radius 2 is 2.31 bits per heavy atom. The zero-order valence-electron chi connectivity index (χ0n) is 8.56. The van der Waals surface area contributed by atoms with Crippen LogP contribution in [0.4, 0.5) is 5.82 Å². The van der Waals surface area contributed by atoms with Crippen LogP contribution < -0.4 is 5.73 Å². The number of pyridine rings is 1. The van der Waals surface area contributed by atoms with Crippen LogP contribution in [-0.4, -0.2) is 26.0 Å². The van der Waals surface area contributed by atoms with Gasteiger partial charge in [-0.3, -0.25) is 4.98 Å². The molecule has 4 N–H and O–H groups in total. The standard InChI is InChI=1S/C10H10N4O2/c1-5-2-3-12-6(4-5)9-13-7(10(15)16)8(11)14-9/h2-4H,11H2,1H3,(H,13,14)(H,15,16). The van der Waals surface area contributed by atoms with Gasteiger partial charge in [-0.05, 0) is 24.6 Å². The Labute approximate surface area is 91.2 Å². The van der Waals surface area contributed by atoms with Crippen molar-refractivity contribution < 1.29 is 9.90 Å². The van der Waals surface area contributed by atoms with Gasteiger partial charge in [0.25, 0.3) is 0 Å². The van der Waals surface area contributed by atoms with Gasteiger partial charge in [-0.1, -0.05) is 0 Å². The maximum Gasteiger partial charge on any atom is 0.356 e. The first-order chi connectivity index (χ1) is 7.58. The highest BCUT2D eigenvalue weighted by atomic mass is 16.4. The molecule has 6 nitrogen and oxygen atoms in total. The van der Waals surface area contributed by atoms with Crippen molar-refractivity contribution in [1.82, 2.24) is 15.0 Å². The zero-order valence-corrected chi connectivity index (χ0v) is 8.56. The summed E-state index contributed by atoms with van der Waals surface area (Å²) in [6.07, 6.45) is 1.63. The molecule has 0 aliphatic rings. The van der Waals surface area contributed by atoms with Gasteiger partial charge >= 0.3 is 5.97 Å². The molecule has 6 heteroatoms. The lowest BCUT2D eigenvalue weighted by atomic mass is 10.2. The molecule has 0 aliphatic carbocycles. The van der Waals surface area contributed by atoms with E-state index in [0.717, 1.165) is 5.56 Å². The van der Waals surface area contributed by atoms with Gasteiger partial charge in [0.2, 0.25) is 0 Å². The Kier molecular flexibility index (Phi) is 2.32. The number of nitrogens with two attached hydrogens (primary N) is 1. The number of imidazole rings is 1. The van der Waals surface area contributed by atoms with Gasteiger partial charge < -0.3 is 15.8 Å². The van der Waals surface area contributed by atoms with E-state index in [-0.39, 0.29) is 11.5 Å². The van der Waals surface area contributed by atoms with E-state index in [0.29, 0.717) is 11.5 Å². The largest absolute Gasteiger partial charge is 0.476 e. The lowest BCUT2D eigenvalue weighted by molar-refractivity contribution is 0.0692. The third-order valence-electron chi connectivity index (χ3n) is 2.10. The van der Waals surface area contributed by atoms with E-state index < -0.39 is 5.97 Å². The minimum absolute atomic E-state index is 0.0363. The summed E-state index contributed by atoms with van der Waals surface area (Å²) in [5.41, 5.74) is 6.93. The lowest BCUT2D eigenvalue weighted by Gasteiger charge is -1.96. The first-order valence-corrected chi connectivity index (χ1v) is 4.59. The molecule has 0 spiro atoms. The highest BCUT2D eigenvalue weighted by Crippen LogP contribution is 2.18. The maximum absolute atomic E-state index is 10.8. The van der Waals surface area contributed by atoms with Crippen molar-refractivity contribution in [2.75, 3.05) is 5.73 Å². The SMILES string of the molecule is Cc1ccnc(-c2nc(N)c(C(=O)O)[nH]2)c1. The molecule has 82 valence electrons. The normalized spacial score (nSPS) is 10.3. The van der Waals surface area contributed by atoms with Gasteiger partial charge in [0.15, 0.2) is 17.3 Å². The van der Waals surface area contributed by atoms with Crippen LogP contribution in [0.25, 0.3) is 11.5 Å². The molecule has 2 rings (SSSR count). The maximum atomic E-state index is 10.8. The van der Waals surface area contributed by atoms with Crippen molar-refractivity contribution in [3.8, 4) is 11.5 Å². The van der Waals surface area contributed by atoms with Gasteiger partial charge in [-0.2, -0.15) is 0 Å². The van der Waals surface area contributed by atoms with E-state index in [9.17, 15) is 4.79 Å². The molecule has 0 aromatic carbocycles. The van der Waals surface area contributed by atoms with E-state index in [1.54, 1.807) is 12.3 Å². The van der Waals surface area contributed by atoms with Crippen molar-refractivity contribution in [3.63, 3.8) is 0 Å². The minimum Gasteiger partial charge on any atom is -0.476 e. The van der Waals surface area contributed by atoms with Crippen molar-refractivity contribution in [2.45, 2.75) is 6.92 Å². The monoisotopic (exact) mass is 218 g/mol.